The highest BCUT2D eigenvalue weighted by atomic mass is 16.6. The van der Waals surface area contributed by atoms with Crippen molar-refractivity contribution in [2.45, 2.75) is 63.4 Å². The maximum Gasteiger partial charge on any atom is 0.316 e. The van der Waals surface area contributed by atoms with Crippen LogP contribution in [-0.2, 0) is 14.3 Å². The van der Waals surface area contributed by atoms with Crippen molar-refractivity contribution in [3.05, 3.63) is 11.1 Å². The van der Waals surface area contributed by atoms with E-state index in [1.807, 2.05) is 6.92 Å². The Morgan fingerprint density at radius 3 is 2.60 bits per heavy atom. The van der Waals surface area contributed by atoms with E-state index in [2.05, 4.69) is 0 Å². The monoisotopic (exact) mass is 348 g/mol. The van der Waals surface area contributed by atoms with Crippen molar-refractivity contribution in [2.24, 2.45) is 29.1 Å². The summed E-state index contributed by atoms with van der Waals surface area (Å²) >= 11 is 0. The van der Waals surface area contributed by atoms with E-state index >= 15 is 0 Å². The number of carbonyl (C=O) groups is 2. The van der Waals surface area contributed by atoms with Gasteiger partial charge in [0, 0.05) is 11.5 Å². The molecule has 2 heterocycles. The Balaban J connectivity index is 1.80. The zero-order chi connectivity index (χ0) is 17.9. The summed E-state index contributed by atoms with van der Waals surface area (Å²) in [6.07, 6.45) is -0.448. The molecule has 136 valence electrons. The lowest BCUT2D eigenvalue weighted by Crippen LogP contribution is -2.78. The summed E-state index contributed by atoms with van der Waals surface area (Å²) < 4.78 is 5.48. The number of hydrogen-bond acceptors (Lipinski definition) is 6. The van der Waals surface area contributed by atoms with Gasteiger partial charge in [-0.2, -0.15) is 0 Å². The Bertz CT molecular complexity index is 727. The zero-order valence-corrected chi connectivity index (χ0v) is 14.4. The van der Waals surface area contributed by atoms with Crippen molar-refractivity contribution in [3.8, 4) is 0 Å². The number of aliphatic hydroxyl groups excluding tert-OH is 2. The second kappa shape index (κ2) is 4.53. The Hall–Kier alpha value is -1.24. The lowest BCUT2D eigenvalue weighted by Gasteiger charge is -2.64. The maximum absolute atomic E-state index is 13.3. The van der Waals surface area contributed by atoms with Crippen molar-refractivity contribution < 1.29 is 29.6 Å². The molecule has 4 aliphatic carbocycles. The van der Waals surface area contributed by atoms with Crippen molar-refractivity contribution in [1.29, 1.82) is 0 Å². The third-order valence-electron chi connectivity index (χ3n) is 7.91. The van der Waals surface area contributed by atoms with Gasteiger partial charge in [0.05, 0.1) is 18.1 Å². The van der Waals surface area contributed by atoms with E-state index in [4.69, 9.17) is 4.74 Å². The molecular weight excluding hydrogens is 324 g/mol. The van der Waals surface area contributed by atoms with Gasteiger partial charge in [-0.3, -0.25) is 9.59 Å². The number of allylic oxidation sites excluding steroid dienone is 1. The van der Waals surface area contributed by atoms with Gasteiger partial charge >= 0.3 is 5.97 Å². The van der Waals surface area contributed by atoms with E-state index in [-0.39, 0.29) is 17.6 Å². The molecule has 2 saturated heterocycles. The van der Waals surface area contributed by atoms with Crippen LogP contribution in [0, 0.1) is 29.1 Å². The summed E-state index contributed by atoms with van der Waals surface area (Å²) in [6.45, 7) is 3.68. The molecule has 25 heavy (non-hydrogen) atoms. The van der Waals surface area contributed by atoms with E-state index in [9.17, 15) is 24.9 Å². The van der Waals surface area contributed by atoms with Gasteiger partial charge in [0.15, 0.2) is 5.78 Å². The van der Waals surface area contributed by atoms with Crippen LogP contribution < -0.4 is 0 Å². The number of carbonyl (C=O) groups excluding carboxylic acids is 2. The third kappa shape index (κ3) is 1.47. The molecule has 0 aromatic heterocycles. The van der Waals surface area contributed by atoms with Crippen LogP contribution in [0.4, 0.5) is 0 Å². The van der Waals surface area contributed by atoms with E-state index in [0.29, 0.717) is 36.8 Å². The Labute approximate surface area is 145 Å². The minimum Gasteiger partial charge on any atom is -0.458 e. The molecule has 2 bridgehead atoms. The first kappa shape index (κ1) is 16.0. The highest BCUT2D eigenvalue weighted by molar-refractivity contribution is 6.06. The van der Waals surface area contributed by atoms with E-state index in [1.165, 1.54) is 0 Å². The van der Waals surface area contributed by atoms with E-state index in [1.54, 1.807) is 6.92 Å². The standard InChI is InChI=1S/C19H24O6/c1-7-5-10(20)6-9-3-4-18-8(2)14(21)16(25-17(18)23)13-15(22)11(7)12(9)19(13,18)24/h7-10,13-14,16,20-21,24H,3-6H2,1-2H3/t7?,8-,9?,10?,13-,14+,16-,18+,19-/m1/s1. The quantitative estimate of drug-likeness (QED) is 0.545. The number of esters is 1. The maximum atomic E-state index is 13.3. The van der Waals surface area contributed by atoms with Gasteiger partial charge in [0.2, 0.25) is 0 Å². The second-order valence-corrected chi connectivity index (χ2v) is 8.82. The summed E-state index contributed by atoms with van der Waals surface area (Å²) in [6, 6.07) is 0. The van der Waals surface area contributed by atoms with Gasteiger partial charge in [-0.1, -0.05) is 13.8 Å². The molecule has 1 spiro atoms. The van der Waals surface area contributed by atoms with Crippen LogP contribution in [0.15, 0.2) is 11.1 Å². The number of ketones is 1. The first-order valence-electron chi connectivity index (χ1n) is 9.33. The number of aliphatic hydroxyl groups is 3. The topological polar surface area (TPSA) is 104 Å². The van der Waals surface area contributed by atoms with Crippen LogP contribution in [0.1, 0.15) is 39.5 Å². The van der Waals surface area contributed by atoms with Crippen molar-refractivity contribution in [3.63, 3.8) is 0 Å². The fraction of sp³-hybridized carbons (Fsp3) is 0.789. The molecule has 4 fully saturated rings. The molecule has 0 aromatic rings. The van der Waals surface area contributed by atoms with Gasteiger partial charge in [-0.15, -0.1) is 0 Å². The Kier molecular flexibility index (Phi) is 2.90. The fourth-order valence-corrected chi connectivity index (χ4v) is 6.89. The van der Waals surface area contributed by atoms with Gasteiger partial charge in [0.25, 0.3) is 0 Å². The zero-order valence-electron chi connectivity index (χ0n) is 14.4. The molecule has 3 N–H and O–H groups in total. The predicted octanol–water partition coefficient (Wildman–Crippen LogP) is 0.336. The molecule has 0 aromatic carbocycles. The Morgan fingerprint density at radius 1 is 1.16 bits per heavy atom. The predicted molar refractivity (Wildman–Crippen MR) is 85.1 cm³/mol. The fourth-order valence-electron chi connectivity index (χ4n) is 6.89. The molecule has 0 radical (unpaired) electrons. The van der Waals surface area contributed by atoms with Crippen molar-refractivity contribution in [1.82, 2.24) is 0 Å². The molecule has 3 unspecified atom stereocenters. The van der Waals surface area contributed by atoms with Crippen LogP contribution in [0.2, 0.25) is 0 Å². The first-order chi connectivity index (χ1) is 11.7. The largest absolute Gasteiger partial charge is 0.458 e. The van der Waals surface area contributed by atoms with E-state index in [0.717, 1.165) is 0 Å². The molecule has 6 nitrogen and oxygen atoms in total. The third-order valence-corrected chi connectivity index (χ3v) is 7.91. The summed E-state index contributed by atoms with van der Waals surface area (Å²) in [7, 11) is 0. The highest BCUT2D eigenvalue weighted by Crippen LogP contribution is 2.70. The van der Waals surface area contributed by atoms with Gasteiger partial charge in [-0.05, 0) is 43.1 Å². The summed E-state index contributed by atoms with van der Waals surface area (Å²) in [5, 5.41) is 33.0. The van der Waals surface area contributed by atoms with Crippen LogP contribution in [0.25, 0.3) is 0 Å². The lowest BCUT2D eigenvalue weighted by molar-refractivity contribution is -0.286. The van der Waals surface area contributed by atoms with Crippen LogP contribution in [0.5, 0.6) is 0 Å². The molecule has 6 aliphatic rings. The molecule has 2 aliphatic heterocycles. The average Bonchev–Trinajstić information content (AvgIpc) is 2.68. The molecule has 6 rings (SSSR count). The number of hydrogen-bond donors (Lipinski definition) is 3. The second-order valence-electron chi connectivity index (χ2n) is 8.82. The van der Waals surface area contributed by atoms with Crippen molar-refractivity contribution >= 4 is 11.8 Å². The molecule has 0 amide bonds. The summed E-state index contributed by atoms with van der Waals surface area (Å²) in [5.41, 5.74) is -1.57. The average molecular weight is 348 g/mol. The number of ether oxygens (including phenoxy) is 1. The number of Topliss-reactive ketones (excluding diaryl/α,β-unsaturated/α-hetero) is 1. The highest BCUT2D eigenvalue weighted by Gasteiger charge is 2.81. The van der Waals surface area contributed by atoms with E-state index < -0.39 is 47.1 Å². The minimum atomic E-state index is -1.57. The number of rotatable bonds is 0. The summed E-state index contributed by atoms with van der Waals surface area (Å²) in [5.74, 6) is -2.30. The lowest BCUT2D eigenvalue weighted by atomic mass is 9.44. The molecule has 9 atom stereocenters. The van der Waals surface area contributed by atoms with Gasteiger partial charge in [0.1, 0.15) is 17.1 Å². The van der Waals surface area contributed by atoms with Gasteiger partial charge < -0.3 is 20.1 Å². The minimum absolute atomic E-state index is 0.0870. The summed E-state index contributed by atoms with van der Waals surface area (Å²) in [4.78, 5) is 26.2. The van der Waals surface area contributed by atoms with Gasteiger partial charge in [-0.25, -0.2) is 0 Å². The first-order valence-corrected chi connectivity index (χ1v) is 9.33. The van der Waals surface area contributed by atoms with Crippen LogP contribution in [-0.4, -0.2) is 51.0 Å². The molecule has 6 heteroatoms. The normalized spacial score (nSPS) is 56.6. The van der Waals surface area contributed by atoms with Crippen LogP contribution >= 0.6 is 0 Å². The molecular formula is C19H24O6. The van der Waals surface area contributed by atoms with Crippen LogP contribution in [0.3, 0.4) is 0 Å². The molecule has 2 saturated carbocycles. The smallest absolute Gasteiger partial charge is 0.316 e. The van der Waals surface area contributed by atoms with Crippen molar-refractivity contribution in [2.75, 3.05) is 0 Å². The SMILES string of the molecule is CC1CC(O)CC2CC[C@@]34C(=O)O[C@@H]([C@@H](O)[C@H]3C)[C@H]3C(=O)C1=C2[C@@]34O. The number of fused-ring (bicyclic) bond motifs is 2. The Morgan fingerprint density at radius 2 is 1.88 bits per heavy atom.